The number of methoxy groups -OCH3 is 1. The number of carbonyl (C=O) groups excluding carboxylic acids is 1. The molecule has 1 fully saturated rings. The van der Waals surface area contributed by atoms with Crippen molar-refractivity contribution < 1.29 is 9.53 Å². The van der Waals surface area contributed by atoms with Crippen LogP contribution in [0.4, 0.5) is 0 Å². The van der Waals surface area contributed by atoms with E-state index in [2.05, 4.69) is 29.3 Å². The highest BCUT2D eigenvalue weighted by atomic mass is 16.5. The first-order chi connectivity index (χ1) is 9.74. The summed E-state index contributed by atoms with van der Waals surface area (Å²) in [5, 5.41) is 3.37. The van der Waals surface area contributed by atoms with E-state index < -0.39 is 0 Å². The fraction of sp³-hybridized carbons (Fsp3) is 0.562. The zero-order valence-corrected chi connectivity index (χ0v) is 12.3. The molecule has 110 valence electrons. The van der Waals surface area contributed by atoms with E-state index in [1.165, 1.54) is 12.7 Å². The smallest absolute Gasteiger partial charge is 0.323 e. The standard InChI is InChI=1S/C16H24N2O2/c1-13(14-7-4-3-5-8-14)15(16(19)20-2)18-11-6-9-17-10-12-18/h3-5,7-8,13,15,17H,6,9-12H2,1-2H3. The van der Waals surface area contributed by atoms with Crippen LogP contribution in [0.3, 0.4) is 0 Å². The lowest BCUT2D eigenvalue weighted by Gasteiger charge is -2.32. The SMILES string of the molecule is COC(=O)C(C(C)c1ccccc1)N1CCCNCC1. The number of hydrogen-bond donors (Lipinski definition) is 1. The van der Waals surface area contributed by atoms with Crippen molar-refractivity contribution in [2.45, 2.75) is 25.3 Å². The van der Waals surface area contributed by atoms with Crippen LogP contribution in [0.25, 0.3) is 0 Å². The highest BCUT2D eigenvalue weighted by Crippen LogP contribution is 2.24. The van der Waals surface area contributed by atoms with Gasteiger partial charge in [-0.3, -0.25) is 9.69 Å². The molecule has 0 saturated carbocycles. The molecule has 0 aromatic heterocycles. The summed E-state index contributed by atoms with van der Waals surface area (Å²) in [6, 6.07) is 9.99. The zero-order chi connectivity index (χ0) is 14.4. The van der Waals surface area contributed by atoms with E-state index in [4.69, 9.17) is 4.74 Å². The maximum atomic E-state index is 12.3. The van der Waals surface area contributed by atoms with E-state index in [1.54, 1.807) is 0 Å². The summed E-state index contributed by atoms with van der Waals surface area (Å²) in [5.74, 6) is -0.00926. The Bertz CT molecular complexity index is 414. The lowest BCUT2D eigenvalue weighted by molar-refractivity contribution is -0.147. The highest BCUT2D eigenvalue weighted by Gasteiger charge is 2.33. The second kappa shape index (κ2) is 7.41. The van der Waals surface area contributed by atoms with Gasteiger partial charge in [0.25, 0.3) is 0 Å². The molecule has 1 heterocycles. The topological polar surface area (TPSA) is 41.6 Å². The number of carbonyl (C=O) groups is 1. The Morgan fingerprint density at radius 3 is 2.70 bits per heavy atom. The van der Waals surface area contributed by atoms with Crippen LogP contribution in [0.15, 0.2) is 30.3 Å². The molecule has 2 unspecified atom stereocenters. The summed E-state index contributed by atoms with van der Waals surface area (Å²) >= 11 is 0. The molecule has 0 radical (unpaired) electrons. The van der Waals surface area contributed by atoms with Gasteiger partial charge in [-0.15, -0.1) is 0 Å². The van der Waals surface area contributed by atoms with Crippen molar-refractivity contribution in [3.63, 3.8) is 0 Å². The molecule has 0 spiro atoms. The van der Waals surface area contributed by atoms with E-state index in [1.807, 2.05) is 18.2 Å². The Labute approximate surface area is 121 Å². The van der Waals surface area contributed by atoms with E-state index >= 15 is 0 Å². The van der Waals surface area contributed by atoms with Gasteiger partial charge in [0.05, 0.1) is 7.11 Å². The van der Waals surface area contributed by atoms with E-state index in [0.717, 1.165) is 32.6 Å². The molecule has 0 amide bonds. The Kier molecular flexibility index (Phi) is 5.56. The number of nitrogens with zero attached hydrogens (tertiary/aromatic N) is 1. The second-order valence-corrected chi connectivity index (χ2v) is 5.31. The molecule has 4 heteroatoms. The van der Waals surface area contributed by atoms with Crippen LogP contribution < -0.4 is 5.32 Å². The molecule has 2 rings (SSSR count). The molecule has 1 aliphatic rings. The highest BCUT2D eigenvalue weighted by molar-refractivity contribution is 5.77. The molecule has 0 aliphatic carbocycles. The largest absolute Gasteiger partial charge is 0.468 e. The number of rotatable bonds is 4. The third kappa shape index (κ3) is 3.58. The lowest BCUT2D eigenvalue weighted by atomic mass is 9.92. The number of nitrogens with one attached hydrogen (secondary N) is 1. The third-order valence-corrected chi connectivity index (χ3v) is 4.01. The Hall–Kier alpha value is -1.39. The first kappa shape index (κ1) is 15.0. The molecule has 20 heavy (non-hydrogen) atoms. The summed E-state index contributed by atoms with van der Waals surface area (Å²) in [7, 11) is 1.48. The molecule has 1 aromatic carbocycles. The second-order valence-electron chi connectivity index (χ2n) is 5.31. The van der Waals surface area contributed by atoms with Crippen LogP contribution in [0.2, 0.25) is 0 Å². The van der Waals surface area contributed by atoms with Crippen LogP contribution in [0.1, 0.15) is 24.8 Å². The van der Waals surface area contributed by atoms with Crippen molar-refractivity contribution >= 4 is 5.97 Å². The summed E-state index contributed by atoms with van der Waals surface area (Å²) in [5.41, 5.74) is 1.18. The fourth-order valence-corrected chi connectivity index (χ4v) is 2.87. The maximum absolute atomic E-state index is 12.3. The van der Waals surface area contributed by atoms with Gasteiger partial charge >= 0.3 is 5.97 Å². The molecular weight excluding hydrogens is 252 g/mol. The fourth-order valence-electron chi connectivity index (χ4n) is 2.87. The quantitative estimate of drug-likeness (QED) is 0.849. The van der Waals surface area contributed by atoms with Gasteiger partial charge in [-0.2, -0.15) is 0 Å². The Morgan fingerprint density at radius 2 is 2.00 bits per heavy atom. The van der Waals surface area contributed by atoms with Crippen molar-refractivity contribution in [1.82, 2.24) is 10.2 Å². The summed E-state index contributed by atoms with van der Waals surface area (Å²) < 4.78 is 5.05. The number of esters is 1. The predicted molar refractivity (Wildman–Crippen MR) is 79.7 cm³/mol. The van der Waals surface area contributed by atoms with Crippen LogP contribution in [-0.2, 0) is 9.53 Å². The Morgan fingerprint density at radius 1 is 1.25 bits per heavy atom. The van der Waals surface area contributed by atoms with Gasteiger partial charge in [0.1, 0.15) is 6.04 Å². The monoisotopic (exact) mass is 276 g/mol. The molecule has 1 aliphatic heterocycles. The minimum Gasteiger partial charge on any atom is -0.468 e. The average Bonchev–Trinajstić information content (AvgIpc) is 2.77. The van der Waals surface area contributed by atoms with Crippen molar-refractivity contribution in [1.29, 1.82) is 0 Å². The zero-order valence-electron chi connectivity index (χ0n) is 12.3. The number of benzene rings is 1. The molecule has 1 saturated heterocycles. The van der Waals surface area contributed by atoms with Gasteiger partial charge in [0.2, 0.25) is 0 Å². The van der Waals surface area contributed by atoms with Crippen LogP contribution in [0.5, 0.6) is 0 Å². The number of hydrogen-bond acceptors (Lipinski definition) is 4. The maximum Gasteiger partial charge on any atom is 0.323 e. The first-order valence-corrected chi connectivity index (χ1v) is 7.31. The van der Waals surface area contributed by atoms with Crippen LogP contribution in [-0.4, -0.2) is 50.2 Å². The molecular formula is C16H24N2O2. The molecule has 4 nitrogen and oxygen atoms in total. The summed E-state index contributed by atoms with van der Waals surface area (Å²) in [4.78, 5) is 14.5. The van der Waals surface area contributed by atoms with Crippen molar-refractivity contribution in [2.24, 2.45) is 0 Å². The van der Waals surface area contributed by atoms with Crippen LogP contribution >= 0.6 is 0 Å². The summed E-state index contributed by atoms with van der Waals surface area (Å²) in [6.45, 7) is 5.87. The molecule has 1 aromatic rings. The van der Waals surface area contributed by atoms with Gasteiger partial charge in [0.15, 0.2) is 0 Å². The molecule has 1 N–H and O–H groups in total. The van der Waals surface area contributed by atoms with Gasteiger partial charge in [-0.1, -0.05) is 37.3 Å². The van der Waals surface area contributed by atoms with Gasteiger partial charge < -0.3 is 10.1 Å². The minimum atomic E-state index is -0.206. The molecule has 0 bridgehead atoms. The normalized spacial score (nSPS) is 19.9. The lowest BCUT2D eigenvalue weighted by Crippen LogP contribution is -2.46. The molecule has 2 atom stereocenters. The Balaban J connectivity index is 2.20. The predicted octanol–water partition coefficient (Wildman–Crippen LogP) is 1.63. The van der Waals surface area contributed by atoms with Gasteiger partial charge in [-0.25, -0.2) is 0 Å². The van der Waals surface area contributed by atoms with E-state index in [9.17, 15) is 4.79 Å². The van der Waals surface area contributed by atoms with E-state index in [-0.39, 0.29) is 17.9 Å². The summed E-state index contributed by atoms with van der Waals surface area (Å²) in [6.07, 6.45) is 1.06. The van der Waals surface area contributed by atoms with Crippen molar-refractivity contribution in [2.75, 3.05) is 33.3 Å². The van der Waals surface area contributed by atoms with E-state index in [0.29, 0.717) is 0 Å². The van der Waals surface area contributed by atoms with Gasteiger partial charge in [0, 0.05) is 25.6 Å². The van der Waals surface area contributed by atoms with Crippen molar-refractivity contribution in [3.05, 3.63) is 35.9 Å². The number of ether oxygens (including phenoxy) is 1. The minimum absolute atomic E-state index is 0.127. The third-order valence-electron chi connectivity index (χ3n) is 4.01. The van der Waals surface area contributed by atoms with Gasteiger partial charge in [-0.05, 0) is 18.5 Å². The van der Waals surface area contributed by atoms with Crippen molar-refractivity contribution in [3.8, 4) is 0 Å². The van der Waals surface area contributed by atoms with Crippen LogP contribution in [0, 0.1) is 0 Å². The first-order valence-electron chi connectivity index (χ1n) is 7.31. The average molecular weight is 276 g/mol.